The van der Waals surface area contributed by atoms with E-state index in [-0.39, 0.29) is 23.7 Å². The van der Waals surface area contributed by atoms with Crippen molar-refractivity contribution in [1.82, 2.24) is 14.9 Å². The fourth-order valence-corrected chi connectivity index (χ4v) is 4.43. The van der Waals surface area contributed by atoms with E-state index >= 15 is 0 Å². The Labute approximate surface area is 189 Å². The second-order valence-corrected chi connectivity index (χ2v) is 8.34. The first-order valence-electron chi connectivity index (χ1n) is 10.7. The lowest BCUT2D eigenvalue weighted by Crippen LogP contribution is -2.34. The van der Waals surface area contributed by atoms with Crippen LogP contribution in [0.3, 0.4) is 0 Å². The standard InChI is InChI=1S/C25H24F3N3O2/c1-3-10-33-19-8-4-6-17(12-19)14-31-9-5-7-18(15-31)21-13-22-23(24(32)30-21)20(25(26,27)28)11-16(2)29-22/h1,4,6,8,11-13,18H,5,7,9-10,14-15H2,2H3,(H,30,32)/t18-/m1/s1. The Morgan fingerprint density at radius 1 is 1.30 bits per heavy atom. The number of ether oxygens (including phenoxy) is 1. The molecule has 3 heterocycles. The van der Waals surface area contributed by atoms with Gasteiger partial charge in [0.2, 0.25) is 0 Å². The molecule has 0 unspecified atom stereocenters. The quantitative estimate of drug-likeness (QED) is 0.570. The van der Waals surface area contributed by atoms with Gasteiger partial charge in [0.1, 0.15) is 12.4 Å². The summed E-state index contributed by atoms with van der Waals surface area (Å²) in [6.07, 6.45) is 2.37. The third-order valence-corrected chi connectivity index (χ3v) is 5.83. The lowest BCUT2D eigenvalue weighted by molar-refractivity contribution is -0.136. The number of aromatic nitrogens is 2. The molecule has 0 aliphatic carbocycles. The van der Waals surface area contributed by atoms with Gasteiger partial charge in [-0.2, -0.15) is 13.2 Å². The van der Waals surface area contributed by atoms with Crippen LogP contribution in [0.5, 0.6) is 5.75 Å². The average molecular weight is 455 g/mol. The molecule has 172 valence electrons. The number of rotatable bonds is 5. The number of aryl methyl sites for hydroxylation is 1. The third kappa shape index (κ3) is 5.20. The van der Waals surface area contributed by atoms with E-state index in [0.717, 1.165) is 31.0 Å². The summed E-state index contributed by atoms with van der Waals surface area (Å²) in [6, 6.07) is 10.2. The molecule has 1 atom stereocenters. The number of likely N-dealkylation sites (tertiary alicyclic amines) is 1. The van der Waals surface area contributed by atoms with Crippen LogP contribution >= 0.6 is 0 Å². The van der Waals surface area contributed by atoms with E-state index in [4.69, 9.17) is 11.2 Å². The zero-order chi connectivity index (χ0) is 23.6. The minimum absolute atomic E-state index is 0.00614. The zero-order valence-corrected chi connectivity index (χ0v) is 18.2. The van der Waals surface area contributed by atoms with E-state index < -0.39 is 22.7 Å². The monoisotopic (exact) mass is 455 g/mol. The van der Waals surface area contributed by atoms with Crippen molar-refractivity contribution in [2.75, 3.05) is 19.7 Å². The molecule has 8 heteroatoms. The zero-order valence-electron chi connectivity index (χ0n) is 18.2. The Balaban J connectivity index is 1.58. The van der Waals surface area contributed by atoms with Crippen LogP contribution in [0, 0.1) is 19.3 Å². The molecule has 4 rings (SSSR count). The molecule has 3 aromatic rings. The number of aromatic amines is 1. The van der Waals surface area contributed by atoms with Crippen molar-refractivity contribution >= 4 is 10.9 Å². The summed E-state index contributed by atoms with van der Waals surface area (Å²) in [7, 11) is 0. The largest absolute Gasteiger partial charge is 0.481 e. The Morgan fingerprint density at radius 2 is 2.12 bits per heavy atom. The predicted molar refractivity (Wildman–Crippen MR) is 120 cm³/mol. The molecule has 5 nitrogen and oxygen atoms in total. The first-order valence-corrected chi connectivity index (χ1v) is 10.7. The second-order valence-electron chi connectivity index (χ2n) is 8.34. The lowest BCUT2D eigenvalue weighted by atomic mass is 9.93. The van der Waals surface area contributed by atoms with Crippen LogP contribution in [0.15, 0.2) is 41.2 Å². The summed E-state index contributed by atoms with van der Waals surface area (Å²) in [5.74, 6) is 3.15. The fourth-order valence-electron chi connectivity index (χ4n) is 4.43. The molecule has 1 N–H and O–H groups in total. The van der Waals surface area contributed by atoms with Gasteiger partial charge in [-0.15, -0.1) is 6.42 Å². The number of halogens is 3. The van der Waals surface area contributed by atoms with Crippen LogP contribution in [0.1, 0.15) is 41.3 Å². The number of benzene rings is 1. The van der Waals surface area contributed by atoms with Gasteiger partial charge in [0.15, 0.2) is 0 Å². The molecule has 1 aliphatic heterocycles. The summed E-state index contributed by atoms with van der Waals surface area (Å²) in [5, 5.41) is -0.409. The Morgan fingerprint density at radius 3 is 2.88 bits per heavy atom. The van der Waals surface area contributed by atoms with Crippen LogP contribution < -0.4 is 10.3 Å². The summed E-state index contributed by atoms with van der Waals surface area (Å²) < 4.78 is 45.9. The molecule has 1 fully saturated rings. The summed E-state index contributed by atoms with van der Waals surface area (Å²) in [6.45, 7) is 3.96. The van der Waals surface area contributed by atoms with Crippen LogP contribution in [-0.2, 0) is 12.7 Å². The first kappa shape index (κ1) is 22.9. The van der Waals surface area contributed by atoms with Gasteiger partial charge < -0.3 is 9.72 Å². The highest BCUT2D eigenvalue weighted by Crippen LogP contribution is 2.34. The van der Waals surface area contributed by atoms with Crippen molar-refractivity contribution in [2.24, 2.45) is 0 Å². The molecule has 0 bridgehead atoms. The SMILES string of the molecule is C#CCOc1cccc(CN2CCC[C@@H](c3cc4nc(C)cc(C(F)(F)F)c4c(=O)[nH]3)C2)c1. The van der Waals surface area contributed by atoms with Crippen molar-refractivity contribution in [3.63, 3.8) is 0 Å². The Hall–Kier alpha value is -3.31. The van der Waals surface area contributed by atoms with E-state index in [9.17, 15) is 18.0 Å². The minimum Gasteiger partial charge on any atom is -0.481 e. The molecule has 1 aliphatic rings. The third-order valence-electron chi connectivity index (χ3n) is 5.83. The number of piperidine rings is 1. The number of nitrogens with zero attached hydrogens (tertiary/aromatic N) is 2. The van der Waals surface area contributed by atoms with Crippen LogP contribution in [0.25, 0.3) is 10.9 Å². The molecule has 0 saturated carbocycles. The molecule has 2 aromatic heterocycles. The first-order chi connectivity index (χ1) is 15.7. The topological polar surface area (TPSA) is 58.2 Å². The highest BCUT2D eigenvalue weighted by atomic mass is 19.4. The molecule has 0 amide bonds. The van der Waals surface area contributed by atoms with E-state index in [2.05, 4.69) is 20.8 Å². The van der Waals surface area contributed by atoms with Gasteiger partial charge in [-0.05, 0) is 56.1 Å². The average Bonchev–Trinajstić information content (AvgIpc) is 2.76. The predicted octanol–water partition coefficient (Wildman–Crippen LogP) is 4.64. The Kier molecular flexibility index (Phi) is 6.43. The number of alkyl halides is 3. The highest BCUT2D eigenvalue weighted by Gasteiger charge is 2.35. The van der Waals surface area contributed by atoms with Crippen LogP contribution in [0.2, 0.25) is 0 Å². The lowest BCUT2D eigenvalue weighted by Gasteiger charge is -2.33. The van der Waals surface area contributed by atoms with Crippen molar-refractivity contribution < 1.29 is 17.9 Å². The maximum Gasteiger partial charge on any atom is 0.417 e. The van der Waals surface area contributed by atoms with Gasteiger partial charge in [-0.25, -0.2) is 0 Å². The minimum atomic E-state index is -4.62. The van der Waals surface area contributed by atoms with E-state index in [1.54, 1.807) is 6.07 Å². The number of hydrogen-bond donors (Lipinski definition) is 1. The van der Waals surface area contributed by atoms with Gasteiger partial charge >= 0.3 is 6.18 Å². The molecule has 1 saturated heterocycles. The van der Waals surface area contributed by atoms with Gasteiger partial charge in [-0.3, -0.25) is 14.7 Å². The summed E-state index contributed by atoms with van der Waals surface area (Å²) in [5.41, 5.74) is 0.298. The Bertz CT molecular complexity index is 1260. The van der Waals surface area contributed by atoms with Crippen molar-refractivity contribution in [1.29, 1.82) is 0 Å². The molecule has 0 spiro atoms. The number of terminal acetylenes is 1. The summed E-state index contributed by atoms with van der Waals surface area (Å²) in [4.78, 5) is 21.9. The van der Waals surface area contributed by atoms with E-state index in [1.165, 1.54) is 6.92 Å². The number of nitrogens with one attached hydrogen (secondary N) is 1. The normalized spacial score (nSPS) is 17.1. The summed E-state index contributed by atoms with van der Waals surface area (Å²) >= 11 is 0. The molecule has 33 heavy (non-hydrogen) atoms. The smallest absolute Gasteiger partial charge is 0.417 e. The second kappa shape index (κ2) is 9.28. The van der Waals surface area contributed by atoms with Gasteiger partial charge in [-0.1, -0.05) is 18.1 Å². The molecule has 0 radical (unpaired) electrons. The highest BCUT2D eigenvalue weighted by molar-refractivity contribution is 5.82. The van der Waals surface area contributed by atoms with Gasteiger partial charge in [0.05, 0.1) is 16.5 Å². The van der Waals surface area contributed by atoms with E-state index in [1.807, 2.05) is 24.3 Å². The van der Waals surface area contributed by atoms with Crippen molar-refractivity contribution in [2.45, 2.75) is 38.4 Å². The van der Waals surface area contributed by atoms with Gasteiger partial charge in [0, 0.05) is 30.4 Å². The van der Waals surface area contributed by atoms with E-state index in [0.29, 0.717) is 24.5 Å². The van der Waals surface area contributed by atoms with Crippen LogP contribution in [-0.4, -0.2) is 34.6 Å². The number of H-pyrrole nitrogens is 1. The van der Waals surface area contributed by atoms with Crippen molar-refractivity contribution in [3.8, 4) is 18.1 Å². The number of hydrogen-bond acceptors (Lipinski definition) is 4. The maximum absolute atomic E-state index is 13.5. The fraction of sp³-hybridized carbons (Fsp3) is 0.360. The molecular formula is C25H24F3N3O2. The maximum atomic E-state index is 13.5. The van der Waals surface area contributed by atoms with Gasteiger partial charge in [0.25, 0.3) is 5.56 Å². The van der Waals surface area contributed by atoms with Crippen LogP contribution in [0.4, 0.5) is 13.2 Å². The number of pyridine rings is 2. The number of fused-ring (bicyclic) bond motifs is 1. The molecule has 1 aromatic carbocycles. The molecular weight excluding hydrogens is 431 g/mol. The van der Waals surface area contributed by atoms with Crippen molar-refractivity contribution in [3.05, 3.63) is 69.3 Å².